The van der Waals surface area contributed by atoms with Gasteiger partial charge in [-0.1, -0.05) is 38.1 Å². The number of amides is 3. The molecule has 9 heteroatoms. The van der Waals surface area contributed by atoms with Crippen molar-refractivity contribution in [3.63, 3.8) is 0 Å². The predicted octanol–water partition coefficient (Wildman–Crippen LogP) is 3.68. The van der Waals surface area contributed by atoms with E-state index in [0.717, 1.165) is 18.2 Å². The fraction of sp³-hybridized carbons (Fsp3) is 0.286. The normalized spacial score (nSPS) is 12.6. The zero-order valence-corrected chi connectivity index (χ0v) is 16.7. The molecule has 0 aliphatic rings. The number of halogens is 2. The molecule has 2 aromatic carbocycles. The van der Waals surface area contributed by atoms with Crippen LogP contribution in [0.1, 0.15) is 20.8 Å². The van der Waals surface area contributed by atoms with Crippen LogP contribution in [0.5, 0.6) is 0 Å². The zero-order valence-electron chi connectivity index (χ0n) is 16.7. The van der Waals surface area contributed by atoms with Gasteiger partial charge in [0.25, 0.3) is 5.91 Å². The summed E-state index contributed by atoms with van der Waals surface area (Å²) in [6, 6.07) is 10.1. The first-order valence-electron chi connectivity index (χ1n) is 9.27. The third kappa shape index (κ3) is 6.26. The van der Waals surface area contributed by atoms with Crippen LogP contribution in [0.4, 0.5) is 25.0 Å². The van der Waals surface area contributed by atoms with Crippen molar-refractivity contribution < 1.29 is 27.9 Å². The molecule has 0 heterocycles. The minimum atomic E-state index is -1.35. The SMILES string of the molecule is CC(C)[C@H](NC(=O)Nc1ccccc1)C(=O)O[C@@H](C)C(=O)Nc1c(F)cccc1F. The van der Waals surface area contributed by atoms with Crippen LogP contribution in [0.2, 0.25) is 0 Å². The van der Waals surface area contributed by atoms with E-state index in [1.807, 2.05) is 0 Å². The van der Waals surface area contributed by atoms with Gasteiger partial charge < -0.3 is 20.7 Å². The summed E-state index contributed by atoms with van der Waals surface area (Å²) in [6.45, 7) is 4.63. The minimum absolute atomic E-state index is 0.349. The first-order chi connectivity index (χ1) is 14.2. The van der Waals surface area contributed by atoms with Crippen LogP contribution in [-0.2, 0) is 14.3 Å². The number of para-hydroxylation sites is 2. The maximum atomic E-state index is 13.7. The van der Waals surface area contributed by atoms with Crippen molar-refractivity contribution in [2.24, 2.45) is 5.92 Å². The van der Waals surface area contributed by atoms with Crippen molar-refractivity contribution >= 4 is 29.3 Å². The number of urea groups is 1. The highest BCUT2D eigenvalue weighted by atomic mass is 19.1. The smallest absolute Gasteiger partial charge is 0.329 e. The molecular weight excluding hydrogens is 396 g/mol. The van der Waals surface area contributed by atoms with Crippen molar-refractivity contribution in [3.8, 4) is 0 Å². The number of nitrogens with one attached hydrogen (secondary N) is 3. The van der Waals surface area contributed by atoms with Gasteiger partial charge in [0.1, 0.15) is 23.4 Å². The molecule has 3 N–H and O–H groups in total. The first kappa shape index (κ1) is 22.8. The summed E-state index contributed by atoms with van der Waals surface area (Å²) in [4.78, 5) is 36.8. The number of benzene rings is 2. The summed E-state index contributed by atoms with van der Waals surface area (Å²) in [7, 11) is 0. The van der Waals surface area contributed by atoms with Gasteiger partial charge in [-0.25, -0.2) is 18.4 Å². The van der Waals surface area contributed by atoms with E-state index in [1.54, 1.807) is 44.2 Å². The van der Waals surface area contributed by atoms with Crippen LogP contribution >= 0.6 is 0 Å². The van der Waals surface area contributed by atoms with Crippen molar-refractivity contribution in [1.29, 1.82) is 0 Å². The number of carbonyl (C=O) groups excluding carboxylic acids is 3. The van der Waals surface area contributed by atoms with Crippen molar-refractivity contribution in [2.75, 3.05) is 10.6 Å². The maximum absolute atomic E-state index is 13.7. The molecule has 0 aliphatic heterocycles. The highest BCUT2D eigenvalue weighted by Gasteiger charge is 2.29. The van der Waals surface area contributed by atoms with Crippen molar-refractivity contribution in [2.45, 2.75) is 32.9 Å². The Balaban J connectivity index is 1.98. The molecule has 2 atom stereocenters. The van der Waals surface area contributed by atoms with Gasteiger partial charge in [-0.15, -0.1) is 0 Å². The quantitative estimate of drug-likeness (QED) is 0.597. The molecule has 3 amide bonds. The van der Waals surface area contributed by atoms with Crippen molar-refractivity contribution in [3.05, 3.63) is 60.2 Å². The van der Waals surface area contributed by atoms with E-state index in [1.165, 1.54) is 6.92 Å². The molecule has 0 bridgehead atoms. The topological polar surface area (TPSA) is 96.5 Å². The third-order valence-electron chi connectivity index (χ3n) is 4.11. The van der Waals surface area contributed by atoms with E-state index >= 15 is 0 Å². The summed E-state index contributed by atoms with van der Waals surface area (Å²) in [5.74, 6) is -4.03. The highest BCUT2D eigenvalue weighted by molar-refractivity contribution is 5.96. The van der Waals surface area contributed by atoms with Gasteiger partial charge in [0.2, 0.25) is 0 Å². The number of esters is 1. The van der Waals surface area contributed by atoms with Gasteiger partial charge >= 0.3 is 12.0 Å². The average Bonchev–Trinajstić information content (AvgIpc) is 2.69. The Morgan fingerprint density at radius 2 is 1.47 bits per heavy atom. The monoisotopic (exact) mass is 419 g/mol. The van der Waals surface area contributed by atoms with Gasteiger partial charge in [0, 0.05) is 5.69 Å². The molecule has 2 rings (SSSR count). The summed E-state index contributed by atoms with van der Waals surface area (Å²) in [5.41, 5.74) is -0.100. The molecule has 2 aromatic rings. The lowest BCUT2D eigenvalue weighted by atomic mass is 10.0. The number of rotatable bonds is 7. The highest BCUT2D eigenvalue weighted by Crippen LogP contribution is 2.18. The Hall–Kier alpha value is -3.49. The largest absolute Gasteiger partial charge is 0.451 e. The lowest BCUT2D eigenvalue weighted by Crippen LogP contribution is -2.48. The fourth-order valence-electron chi connectivity index (χ4n) is 2.47. The van der Waals surface area contributed by atoms with E-state index in [9.17, 15) is 23.2 Å². The Kier molecular flexibility index (Phi) is 7.85. The lowest BCUT2D eigenvalue weighted by molar-refractivity contribution is -0.156. The standard InChI is InChI=1S/C21H23F2N3O4/c1-12(2)17(26-21(29)24-14-8-5-4-6-9-14)20(28)30-13(3)19(27)25-18-15(22)10-7-11-16(18)23/h4-13,17H,1-3H3,(H,25,27)(H2,24,26,29)/t13-,17-/m0/s1. The van der Waals surface area contributed by atoms with Gasteiger partial charge in [0.15, 0.2) is 6.10 Å². The summed E-state index contributed by atoms with van der Waals surface area (Å²) in [5, 5.41) is 7.14. The Morgan fingerprint density at radius 1 is 0.867 bits per heavy atom. The van der Waals surface area contributed by atoms with E-state index in [4.69, 9.17) is 4.74 Å². The van der Waals surface area contributed by atoms with Gasteiger partial charge in [-0.3, -0.25) is 4.79 Å². The fourth-order valence-corrected chi connectivity index (χ4v) is 2.47. The second-order valence-corrected chi connectivity index (χ2v) is 6.85. The van der Waals surface area contributed by atoms with Gasteiger partial charge in [0.05, 0.1) is 0 Å². The summed E-state index contributed by atoms with van der Waals surface area (Å²) in [6.07, 6.45) is -1.35. The molecule has 0 fully saturated rings. The van der Waals surface area contributed by atoms with E-state index in [-0.39, 0.29) is 5.92 Å². The zero-order chi connectivity index (χ0) is 22.3. The predicted molar refractivity (Wildman–Crippen MR) is 108 cm³/mol. The van der Waals surface area contributed by atoms with E-state index in [0.29, 0.717) is 5.69 Å². The second kappa shape index (κ2) is 10.3. The van der Waals surface area contributed by atoms with Gasteiger partial charge in [-0.2, -0.15) is 0 Å². The number of ether oxygens (including phenoxy) is 1. The van der Waals surface area contributed by atoms with Crippen LogP contribution in [0.25, 0.3) is 0 Å². The molecular formula is C21H23F2N3O4. The van der Waals surface area contributed by atoms with Crippen LogP contribution in [0, 0.1) is 17.6 Å². The molecule has 0 unspecified atom stereocenters. The van der Waals surface area contributed by atoms with Crippen LogP contribution < -0.4 is 16.0 Å². The molecule has 0 saturated carbocycles. The summed E-state index contributed by atoms with van der Waals surface area (Å²) < 4.78 is 32.5. The average molecular weight is 419 g/mol. The Labute approximate surface area is 172 Å². The molecule has 160 valence electrons. The Bertz CT molecular complexity index is 886. The molecule has 0 aromatic heterocycles. The Morgan fingerprint density at radius 3 is 2.03 bits per heavy atom. The maximum Gasteiger partial charge on any atom is 0.329 e. The van der Waals surface area contributed by atoms with E-state index < -0.39 is 47.4 Å². The molecule has 0 radical (unpaired) electrons. The minimum Gasteiger partial charge on any atom is -0.451 e. The van der Waals surface area contributed by atoms with Crippen molar-refractivity contribution in [1.82, 2.24) is 5.32 Å². The van der Waals surface area contributed by atoms with Crippen LogP contribution in [-0.4, -0.2) is 30.1 Å². The molecule has 0 spiro atoms. The van der Waals surface area contributed by atoms with Crippen LogP contribution in [0.3, 0.4) is 0 Å². The first-order valence-corrected chi connectivity index (χ1v) is 9.27. The number of anilines is 2. The van der Waals surface area contributed by atoms with Crippen LogP contribution in [0.15, 0.2) is 48.5 Å². The van der Waals surface area contributed by atoms with Gasteiger partial charge in [-0.05, 0) is 37.1 Å². The number of carbonyl (C=O) groups is 3. The number of hydrogen-bond acceptors (Lipinski definition) is 4. The molecule has 0 aliphatic carbocycles. The number of hydrogen-bond donors (Lipinski definition) is 3. The molecule has 0 saturated heterocycles. The molecule has 30 heavy (non-hydrogen) atoms. The molecule has 7 nitrogen and oxygen atoms in total. The summed E-state index contributed by atoms with van der Waals surface area (Å²) >= 11 is 0. The second-order valence-electron chi connectivity index (χ2n) is 6.85. The third-order valence-corrected chi connectivity index (χ3v) is 4.11. The van der Waals surface area contributed by atoms with E-state index in [2.05, 4.69) is 16.0 Å². The lowest BCUT2D eigenvalue weighted by Gasteiger charge is -2.23.